The molecular weight excluding hydrogens is 294 g/mol. The Morgan fingerprint density at radius 1 is 1.17 bits per heavy atom. The highest BCUT2D eigenvalue weighted by atomic mass is 16.5. The molecule has 2 N–H and O–H groups in total. The summed E-state index contributed by atoms with van der Waals surface area (Å²) in [6.45, 7) is 1.52. The van der Waals surface area contributed by atoms with E-state index < -0.39 is 0 Å². The Balaban J connectivity index is 1.94. The number of pyridine rings is 1. The molecule has 6 heteroatoms. The zero-order valence-corrected chi connectivity index (χ0v) is 13.3. The van der Waals surface area contributed by atoms with Crippen molar-refractivity contribution in [2.45, 2.75) is 6.42 Å². The SMILES string of the molecule is COCCCNc1ccc(NC(=O)c2ccccc2OC)nc1. The number of nitrogens with one attached hydrogen (secondary N) is 2. The van der Waals surface area contributed by atoms with E-state index in [-0.39, 0.29) is 5.91 Å². The van der Waals surface area contributed by atoms with Gasteiger partial charge in [-0.05, 0) is 30.7 Å². The van der Waals surface area contributed by atoms with E-state index in [0.717, 1.165) is 18.7 Å². The predicted octanol–water partition coefficient (Wildman–Crippen LogP) is 2.79. The standard InChI is InChI=1S/C17H21N3O3/c1-22-11-5-10-18-13-8-9-16(19-12-13)20-17(21)14-6-3-4-7-15(14)23-2/h3-4,6-9,12,18H,5,10-11H2,1-2H3,(H,19,20,21). The van der Waals surface area contributed by atoms with Crippen molar-refractivity contribution in [1.82, 2.24) is 4.98 Å². The molecule has 0 bridgehead atoms. The minimum absolute atomic E-state index is 0.254. The number of benzene rings is 1. The molecule has 0 saturated carbocycles. The summed E-state index contributed by atoms with van der Waals surface area (Å²) in [6, 6.07) is 10.7. The molecule has 0 aliphatic rings. The van der Waals surface area contributed by atoms with Crippen molar-refractivity contribution in [3.8, 4) is 5.75 Å². The number of nitrogens with zero attached hydrogens (tertiary/aromatic N) is 1. The fourth-order valence-electron chi connectivity index (χ4n) is 2.04. The molecule has 0 aliphatic carbocycles. The van der Waals surface area contributed by atoms with Gasteiger partial charge in [0.1, 0.15) is 11.6 Å². The maximum atomic E-state index is 12.3. The average molecular weight is 315 g/mol. The molecule has 6 nitrogen and oxygen atoms in total. The fraction of sp³-hybridized carbons (Fsp3) is 0.294. The number of anilines is 2. The van der Waals surface area contributed by atoms with Crippen LogP contribution in [-0.4, -0.2) is 38.3 Å². The van der Waals surface area contributed by atoms with Crippen LogP contribution in [0, 0.1) is 0 Å². The Bertz CT molecular complexity index is 629. The second kappa shape index (κ2) is 8.75. The Morgan fingerprint density at radius 3 is 2.70 bits per heavy atom. The third-order valence-corrected chi connectivity index (χ3v) is 3.21. The van der Waals surface area contributed by atoms with Crippen LogP contribution in [0.2, 0.25) is 0 Å². The van der Waals surface area contributed by atoms with Crippen LogP contribution in [-0.2, 0) is 4.74 Å². The molecule has 0 fully saturated rings. The molecule has 0 unspecified atom stereocenters. The van der Waals surface area contributed by atoms with Gasteiger partial charge in [0.2, 0.25) is 0 Å². The van der Waals surface area contributed by atoms with Crippen LogP contribution in [0.1, 0.15) is 16.8 Å². The maximum Gasteiger partial charge on any atom is 0.260 e. The highest BCUT2D eigenvalue weighted by Crippen LogP contribution is 2.19. The number of para-hydroxylation sites is 1. The van der Waals surface area contributed by atoms with Crippen LogP contribution in [0.4, 0.5) is 11.5 Å². The van der Waals surface area contributed by atoms with Crippen molar-refractivity contribution < 1.29 is 14.3 Å². The number of amides is 1. The molecule has 2 aromatic rings. The van der Waals surface area contributed by atoms with Gasteiger partial charge in [-0.1, -0.05) is 12.1 Å². The first-order valence-corrected chi connectivity index (χ1v) is 7.38. The van der Waals surface area contributed by atoms with E-state index in [9.17, 15) is 4.79 Å². The average Bonchev–Trinajstić information content (AvgIpc) is 2.60. The van der Waals surface area contributed by atoms with Gasteiger partial charge in [-0.3, -0.25) is 4.79 Å². The monoisotopic (exact) mass is 315 g/mol. The van der Waals surface area contributed by atoms with Gasteiger partial charge in [-0.2, -0.15) is 0 Å². The summed E-state index contributed by atoms with van der Waals surface area (Å²) in [7, 11) is 3.22. The van der Waals surface area contributed by atoms with E-state index in [0.29, 0.717) is 23.7 Å². The Labute approximate surface area is 135 Å². The van der Waals surface area contributed by atoms with Crippen molar-refractivity contribution in [3.63, 3.8) is 0 Å². The summed E-state index contributed by atoms with van der Waals surface area (Å²) in [6.07, 6.45) is 2.60. The van der Waals surface area contributed by atoms with E-state index in [2.05, 4.69) is 15.6 Å². The van der Waals surface area contributed by atoms with Crippen molar-refractivity contribution >= 4 is 17.4 Å². The van der Waals surface area contributed by atoms with Gasteiger partial charge < -0.3 is 20.1 Å². The Morgan fingerprint density at radius 2 is 2.00 bits per heavy atom. The molecule has 0 saturated heterocycles. The molecule has 0 atom stereocenters. The molecule has 1 aromatic heterocycles. The van der Waals surface area contributed by atoms with E-state index in [1.807, 2.05) is 12.1 Å². The maximum absolute atomic E-state index is 12.3. The molecule has 2 rings (SSSR count). The van der Waals surface area contributed by atoms with E-state index >= 15 is 0 Å². The third kappa shape index (κ3) is 4.96. The van der Waals surface area contributed by atoms with E-state index in [4.69, 9.17) is 9.47 Å². The van der Waals surface area contributed by atoms with Gasteiger partial charge in [0.05, 0.1) is 24.6 Å². The van der Waals surface area contributed by atoms with Crippen molar-refractivity contribution in [2.75, 3.05) is 38.0 Å². The zero-order valence-electron chi connectivity index (χ0n) is 13.3. The Kier molecular flexibility index (Phi) is 6.38. The first-order chi connectivity index (χ1) is 11.2. The van der Waals surface area contributed by atoms with Crippen LogP contribution < -0.4 is 15.4 Å². The summed E-state index contributed by atoms with van der Waals surface area (Å²) >= 11 is 0. The van der Waals surface area contributed by atoms with Gasteiger partial charge in [-0.15, -0.1) is 0 Å². The number of hydrogen-bond donors (Lipinski definition) is 2. The molecule has 1 amide bonds. The quantitative estimate of drug-likeness (QED) is 0.733. The number of carbonyl (C=O) groups excluding carboxylic acids is 1. The summed E-state index contributed by atoms with van der Waals surface area (Å²) in [5, 5.41) is 5.99. The van der Waals surface area contributed by atoms with Gasteiger partial charge >= 0.3 is 0 Å². The molecule has 1 aromatic carbocycles. The van der Waals surface area contributed by atoms with Crippen LogP contribution in [0.3, 0.4) is 0 Å². The van der Waals surface area contributed by atoms with Crippen LogP contribution in [0.25, 0.3) is 0 Å². The van der Waals surface area contributed by atoms with Crippen LogP contribution in [0.5, 0.6) is 5.75 Å². The first-order valence-electron chi connectivity index (χ1n) is 7.38. The molecule has 23 heavy (non-hydrogen) atoms. The molecule has 122 valence electrons. The molecule has 0 spiro atoms. The number of carbonyl (C=O) groups is 1. The minimum atomic E-state index is -0.254. The second-order valence-electron chi connectivity index (χ2n) is 4.86. The normalized spacial score (nSPS) is 10.2. The zero-order chi connectivity index (χ0) is 16.5. The largest absolute Gasteiger partial charge is 0.496 e. The predicted molar refractivity (Wildman–Crippen MR) is 90.2 cm³/mol. The lowest BCUT2D eigenvalue weighted by Crippen LogP contribution is -2.14. The second-order valence-corrected chi connectivity index (χ2v) is 4.86. The van der Waals surface area contributed by atoms with Crippen molar-refractivity contribution in [2.24, 2.45) is 0 Å². The van der Waals surface area contributed by atoms with Gasteiger partial charge in [-0.25, -0.2) is 4.98 Å². The number of aromatic nitrogens is 1. The van der Waals surface area contributed by atoms with Gasteiger partial charge in [0.25, 0.3) is 5.91 Å². The lowest BCUT2D eigenvalue weighted by atomic mass is 10.2. The summed E-state index contributed by atoms with van der Waals surface area (Å²) in [5.74, 6) is 0.764. The minimum Gasteiger partial charge on any atom is -0.496 e. The van der Waals surface area contributed by atoms with Crippen molar-refractivity contribution in [3.05, 3.63) is 48.2 Å². The topological polar surface area (TPSA) is 72.5 Å². The highest BCUT2D eigenvalue weighted by molar-refractivity contribution is 6.05. The number of ether oxygens (including phenoxy) is 2. The third-order valence-electron chi connectivity index (χ3n) is 3.21. The lowest BCUT2D eigenvalue weighted by Gasteiger charge is -2.09. The summed E-state index contributed by atoms with van der Waals surface area (Å²) in [5.41, 5.74) is 1.37. The molecule has 0 radical (unpaired) electrons. The lowest BCUT2D eigenvalue weighted by molar-refractivity contribution is 0.102. The van der Waals surface area contributed by atoms with Crippen molar-refractivity contribution in [1.29, 1.82) is 0 Å². The number of hydrogen-bond acceptors (Lipinski definition) is 5. The van der Waals surface area contributed by atoms with Gasteiger partial charge in [0, 0.05) is 20.3 Å². The van der Waals surface area contributed by atoms with Gasteiger partial charge in [0.15, 0.2) is 0 Å². The molecular formula is C17H21N3O3. The number of rotatable bonds is 8. The van der Waals surface area contributed by atoms with E-state index in [1.54, 1.807) is 37.6 Å². The molecule has 1 heterocycles. The smallest absolute Gasteiger partial charge is 0.260 e. The first kappa shape index (κ1) is 16.8. The Hall–Kier alpha value is -2.60. The highest BCUT2D eigenvalue weighted by Gasteiger charge is 2.11. The summed E-state index contributed by atoms with van der Waals surface area (Å²) < 4.78 is 10.2. The molecule has 0 aliphatic heterocycles. The number of methoxy groups -OCH3 is 2. The fourth-order valence-corrected chi connectivity index (χ4v) is 2.04. The van der Waals surface area contributed by atoms with E-state index in [1.165, 1.54) is 7.11 Å². The van der Waals surface area contributed by atoms with Crippen LogP contribution in [0.15, 0.2) is 42.6 Å². The summed E-state index contributed by atoms with van der Waals surface area (Å²) in [4.78, 5) is 16.5. The van der Waals surface area contributed by atoms with Crippen LogP contribution >= 0.6 is 0 Å².